The minimum atomic E-state index is -0.188. The number of nitrogens with zero attached hydrogens (tertiary/aromatic N) is 1. The van der Waals surface area contributed by atoms with Crippen molar-refractivity contribution in [2.75, 3.05) is 20.6 Å². The standard InChI is InChI=1S/C11H18FN3/c1-8-4-5-9(6-10(8)12)11(7-13)14-15(2)3/h4-6,11,14H,7,13H2,1-3H3. The van der Waals surface area contributed by atoms with Gasteiger partial charge >= 0.3 is 0 Å². The molecule has 1 unspecified atom stereocenters. The molecule has 0 saturated carbocycles. The highest BCUT2D eigenvalue weighted by molar-refractivity contribution is 5.25. The molecule has 0 heterocycles. The van der Waals surface area contributed by atoms with Crippen LogP contribution in [0.25, 0.3) is 0 Å². The zero-order chi connectivity index (χ0) is 11.4. The van der Waals surface area contributed by atoms with Crippen molar-refractivity contribution in [2.45, 2.75) is 13.0 Å². The van der Waals surface area contributed by atoms with Gasteiger partial charge < -0.3 is 5.73 Å². The lowest BCUT2D eigenvalue weighted by Gasteiger charge is -2.22. The van der Waals surface area contributed by atoms with Crippen LogP contribution in [0.15, 0.2) is 18.2 Å². The summed E-state index contributed by atoms with van der Waals surface area (Å²) < 4.78 is 13.3. The summed E-state index contributed by atoms with van der Waals surface area (Å²) in [4.78, 5) is 0. The molecule has 0 aliphatic rings. The monoisotopic (exact) mass is 211 g/mol. The second kappa shape index (κ2) is 5.21. The number of hydrogen-bond donors (Lipinski definition) is 2. The molecule has 1 rings (SSSR count). The lowest BCUT2D eigenvalue weighted by Crippen LogP contribution is -2.38. The van der Waals surface area contributed by atoms with E-state index in [4.69, 9.17) is 5.73 Å². The Morgan fingerprint density at radius 1 is 1.47 bits per heavy atom. The molecule has 0 aliphatic carbocycles. The van der Waals surface area contributed by atoms with Crippen molar-refractivity contribution in [3.05, 3.63) is 35.1 Å². The summed E-state index contributed by atoms with van der Waals surface area (Å²) in [7, 11) is 3.76. The second-order valence-electron chi connectivity index (χ2n) is 3.82. The van der Waals surface area contributed by atoms with Crippen LogP contribution in [-0.2, 0) is 0 Å². The molecule has 3 nitrogen and oxygen atoms in total. The lowest BCUT2D eigenvalue weighted by atomic mass is 10.1. The number of aryl methyl sites for hydroxylation is 1. The van der Waals surface area contributed by atoms with E-state index in [1.54, 1.807) is 13.0 Å². The topological polar surface area (TPSA) is 41.3 Å². The van der Waals surface area contributed by atoms with Crippen molar-refractivity contribution in [3.8, 4) is 0 Å². The Hall–Kier alpha value is -0.970. The molecule has 15 heavy (non-hydrogen) atoms. The molecule has 4 heteroatoms. The number of nitrogens with two attached hydrogens (primary N) is 1. The Bertz CT molecular complexity index is 326. The molecule has 1 aromatic rings. The zero-order valence-electron chi connectivity index (χ0n) is 9.42. The van der Waals surface area contributed by atoms with Gasteiger partial charge in [0.05, 0.1) is 6.04 Å². The summed E-state index contributed by atoms with van der Waals surface area (Å²) in [6.07, 6.45) is 0. The Morgan fingerprint density at radius 2 is 2.13 bits per heavy atom. The highest BCUT2D eigenvalue weighted by Crippen LogP contribution is 2.15. The molecular formula is C11H18FN3. The van der Waals surface area contributed by atoms with Crippen molar-refractivity contribution in [1.82, 2.24) is 10.4 Å². The van der Waals surface area contributed by atoms with Crippen molar-refractivity contribution >= 4 is 0 Å². The van der Waals surface area contributed by atoms with E-state index in [0.717, 1.165) is 5.56 Å². The highest BCUT2D eigenvalue weighted by atomic mass is 19.1. The third-order valence-corrected chi connectivity index (χ3v) is 2.25. The summed E-state index contributed by atoms with van der Waals surface area (Å²) in [5.74, 6) is -0.188. The van der Waals surface area contributed by atoms with Gasteiger partial charge in [-0.1, -0.05) is 12.1 Å². The molecule has 0 amide bonds. The Labute approximate surface area is 90.0 Å². The fraction of sp³-hybridized carbons (Fsp3) is 0.455. The molecule has 84 valence electrons. The molecule has 1 aromatic carbocycles. The number of halogens is 1. The van der Waals surface area contributed by atoms with Crippen molar-refractivity contribution in [3.63, 3.8) is 0 Å². The van der Waals surface area contributed by atoms with Crippen molar-refractivity contribution < 1.29 is 4.39 Å². The van der Waals surface area contributed by atoms with Crippen LogP contribution < -0.4 is 11.2 Å². The van der Waals surface area contributed by atoms with E-state index in [0.29, 0.717) is 12.1 Å². The molecule has 0 bridgehead atoms. The second-order valence-corrected chi connectivity index (χ2v) is 3.82. The lowest BCUT2D eigenvalue weighted by molar-refractivity contribution is 0.245. The minimum Gasteiger partial charge on any atom is -0.329 e. The molecule has 0 radical (unpaired) electrons. The van der Waals surface area contributed by atoms with Crippen LogP contribution in [0.4, 0.5) is 4.39 Å². The van der Waals surface area contributed by atoms with E-state index in [-0.39, 0.29) is 11.9 Å². The van der Waals surface area contributed by atoms with Gasteiger partial charge in [0.2, 0.25) is 0 Å². The first-order valence-corrected chi connectivity index (χ1v) is 4.94. The number of benzene rings is 1. The van der Waals surface area contributed by atoms with E-state index in [1.165, 1.54) is 6.07 Å². The number of nitrogens with one attached hydrogen (secondary N) is 1. The third-order valence-electron chi connectivity index (χ3n) is 2.25. The van der Waals surface area contributed by atoms with Crippen LogP contribution in [0, 0.1) is 12.7 Å². The summed E-state index contributed by atoms with van der Waals surface area (Å²) in [6.45, 7) is 2.18. The van der Waals surface area contributed by atoms with E-state index >= 15 is 0 Å². The van der Waals surface area contributed by atoms with Gasteiger partial charge in [0, 0.05) is 20.6 Å². The van der Waals surface area contributed by atoms with Crippen molar-refractivity contribution in [2.24, 2.45) is 5.73 Å². The van der Waals surface area contributed by atoms with E-state index in [9.17, 15) is 4.39 Å². The first kappa shape index (κ1) is 12.1. The Kier molecular flexibility index (Phi) is 4.20. The number of hydrazine groups is 1. The average molecular weight is 211 g/mol. The highest BCUT2D eigenvalue weighted by Gasteiger charge is 2.11. The van der Waals surface area contributed by atoms with Crippen molar-refractivity contribution in [1.29, 1.82) is 0 Å². The van der Waals surface area contributed by atoms with Gasteiger partial charge in [-0.2, -0.15) is 0 Å². The summed E-state index contributed by atoms with van der Waals surface area (Å²) in [6, 6.07) is 5.15. The van der Waals surface area contributed by atoms with Crippen LogP contribution in [0.1, 0.15) is 17.2 Å². The first-order valence-electron chi connectivity index (χ1n) is 4.94. The number of rotatable bonds is 4. The van der Waals surface area contributed by atoms with Gasteiger partial charge in [-0.15, -0.1) is 0 Å². The first-order chi connectivity index (χ1) is 7.04. The van der Waals surface area contributed by atoms with E-state index in [2.05, 4.69) is 5.43 Å². The van der Waals surface area contributed by atoms with Gasteiger partial charge in [-0.25, -0.2) is 14.8 Å². The quantitative estimate of drug-likeness (QED) is 0.735. The van der Waals surface area contributed by atoms with Gasteiger partial charge in [0.25, 0.3) is 0 Å². The maximum Gasteiger partial charge on any atom is 0.126 e. The van der Waals surface area contributed by atoms with Gasteiger partial charge in [0.15, 0.2) is 0 Å². The third kappa shape index (κ3) is 3.27. The Morgan fingerprint density at radius 3 is 2.60 bits per heavy atom. The predicted molar refractivity (Wildman–Crippen MR) is 59.8 cm³/mol. The van der Waals surface area contributed by atoms with Crippen LogP contribution in [0.5, 0.6) is 0 Å². The van der Waals surface area contributed by atoms with Gasteiger partial charge in [0.1, 0.15) is 5.82 Å². The SMILES string of the molecule is Cc1ccc(C(CN)NN(C)C)cc1F. The van der Waals surface area contributed by atoms with Crippen LogP contribution >= 0.6 is 0 Å². The Balaban J connectivity index is 2.87. The minimum absolute atomic E-state index is 0.0462. The van der Waals surface area contributed by atoms with E-state index in [1.807, 2.05) is 25.2 Å². The van der Waals surface area contributed by atoms with Gasteiger partial charge in [-0.05, 0) is 24.1 Å². The van der Waals surface area contributed by atoms with Gasteiger partial charge in [-0.3, -0.25) is 0 Å². The summed E-state index contributed by atoms with van der Waals surface area (Å²) in [5, 5.41) is 1.81. The zero-order valence-corrected chi connectivity index (χ0v) is 9.42. The fourth-order valence-electron chi connectivity index (χ4n) is 1.40. The molecule has 0 aromatic heterocycles. The average Bonchev–Trinajstić information content (AvgIpc) is 2.18. The normalized spacial score (nSPS) is 13.2. The molecule has 0 fully saturated rings. The summed E-state index contributed by atoms with van der Waals surface area (Å²) >= 11 is 0. The molecule has 1 atom stereocenters. The summed E-state index contributed by atoms with van der Waals surface area (Å²) in [5.41, 5.74) is 10.3. The smallest absolute Gasteiger partial charge is 0.126 e. The van der Waals surface area contributed by atoms with Crippen LogP contribution in [0.2, 0.25) is 0 Å². The maximum atomic E-state index is 13.3. The molecule has 0 saturated heterocycles. The predicted octanol–water partition coefficient (Wildman–Crippen LogP) is 1.20. The molecule has 3 N–H and O–H groups in total. The maximum absolute atomic E-state index is 13.3. The molecule has 0 spiro atoms. The van der Waals surface area contributed by atoms with Crippen LogP contribution in [-0.4, -0.2) is 25.6 Å². The molecule has 0 aliphatic heterocycles. The van der Waals surface area contributed by atoms with E-state index < -0.39 is 0 Å². The number of hydrogen-bond acceptors (Lipinski definition) is 3. The fourth-order valence-corrected chi connectivity index (χ4v) is 1.40. The molecular weight excluding hydrogens is 193 g/mol. The largest absolute Gasteiger partial charge is 0.329 e. The van der Waals surface area contributed by atoms with Crippen LogP contribution in [0.3, 0.4) is 0 Å².